The van der Waals surface area contributed by atoms with Gasteiger partial charge in [-0.05, 0) is 33.4 Å². The molecule has 0 saturated heterocycles. The molecule has 0 atom stereocenters. The summed E-state index contributed by atoms with van der Waals surface area (Å²) in [7, 11) is 4.09. The molecular weight excluding hydrogens is 222 g/mol. The molecule has 1 aromatic rings. The van der Waals surface area contributed by atoms with Gasteiger partial charge in [0.25, 0.3) is 0 Å². The van der Waals surface area contributed by atoms with Gasteiger partial charge >= 0.3 is 0 Å². The zero-order chi connectivity index (χ0) is 12.3. The Bertz CT molecular complexity index is 344. The molecule has 0 aromatic carbocycles. The molecule has 0 radical (unpaired) electrons. The van der Waals surface area contributed by atoms with Crippen LogP contribution in [0.15, 0.2) is 6.07 Å². The molecular formula is C12H22ClN3. The summed E-state index contributed by atoms with van der Waals surface area (Å²) in [5, 5.41) is 4.45. The Labute approximate surface area is 103 Å². The number of hydrogen-bond acceptors (Lipinski definition) is 2. The quantitative estimate of drug-likeness (QED) is 0.741. The van der Waals surface area contributed by atoms with Gasteiger partial charge in [0.2, 0.25) is 0 Å². The average molecular weight is 244 g/mol. The summed E-state index contributed by atoms with van der Waals surface area (Å²) in [5.41, 5.74) is 2.39. The van der Waals surface area contributed by atoms with Crippen LogP contribution in [0.25, 0.3) is 0 Å². The Morgan fingerprint density at radius 3 is 2.56 bits per heavy atom. The van der Waals surface area contributed by atoms with E-state index < -0.39 is 0 Å². The monoisotopic (exact) mass is 243 g/mol. The predicted octanol–water partition coefficient (Wildman–Crippen LogP) is 2.43. The lowest BCUT2D eigenvalue weighted by molar-refractivity contribution is 0.166. The zero-order valence-corrected chi connectivity index (χ0v) is 11.7. The SMILES string of the molecule is CCc1cc(CN(C)C(C)(C)CCl)n(C)n1. The smallest absolute Gasteiger partial charge is 0.0625 e. The molecule has 16 heavy (non-hydrogen) atoms. The lowest BCUT2D eigenvalue weighted by Gasteiger charge is -2.33. The minimum Gasteiger partial charge on any atom is -0.294 e. The molecule has 0 bridgehead atoms. The third kappa shape index (κ3) is 2.98. The van der Waals surface area contributed by atoms with E-state index in [-0.39, 0.29) is 5.54 Å². The summed E-state index contributed by atoms with van der Waals surface area (Å²) in [6, 6.07) is 2.17. The largest absolute Gasteiger partial charge is 0.294 e. The molecule has 0 aliphatic rings. The van der Waals surface area contributed by atoms with Crippen molar-refractivity contribution in [2.45, 2.75) is 39.3 Å². The van der Waals surface area contributed by atoms with E-state index in [1.807, 2.05) is 11.7 Å². The fraction of sp³-hybridized carbons (Fsp3) is 0.750. The van der Waals surface area contributed by atoms with Crippen molar-refractivity contribution in [3.8, 4) is 0 Å². The van der Waals surface area contributed by atoms with Crippen molar-refractivity contribution in [1.82, 2.24) is 14.7 Å². The fourth-order valence-electron chi connectivity index (χ4n) is 1.45. The molecule has 0 N–H and O–H groups in total. The van der Waals surface area contributed by atoms with Crippen LogP contribution in [-0.2, 0) is 20.0 Å². The zero-order valence-electron chi connectivity index (χ0n) is 10.9. The maximum Gasteiger partial charge on any atom is 0.0625 e. The average Bonchev–Trinajstić information content (AvgIpc) is 2.59. The van der Waals surface area contributed by atoms with Crippen LogP contribution >= 0.6 is 11.6 Å². The van der Waals surface area contributed by atoms with E-state index in [1.54, 1.807) is 0 Å². The molecule has 0 spiro atoms. The molecule has 0 unspecified atom stereocenters. The second kappa shape index (κ2) is 5.19. The van der Waals surface area contributed by atoms with E-state index >= 15 is 0 Å². The Balaban J connectivity index is 2.76. The van der Waals surface area contributed by atoms with E-state index in [2.05, 4.69) is 43.9 Å². The summed E-state index contributed by atoms with van der Waals surface area (Å²) in [6.45, 7) is 7.30. The highest BCUT2D eigenvalue weighted by Gasteiger charge is 2.23. The lowest BCUT2D eigenvalue weighted by atomic mass is 10.1. The van der Waals surface area contributed by atoms with Crippen LogP contribution in [-0.4, -0.2) is 33.1 Å². The van der Waals surface area contributed by atoms with Crippen LogP contribution in [0.1, 0.15) is 32.2 Å². The van der Waals surface area contributed by atoms with Gasteiger partial charge in [0.1, 0.15) is 0 Å². The number of aryl methyl sites for hydroxylation is 2. The molecule has 0 fully saturated rings. The normalized spacial score (nSPS) is 12.4. The molecule has 1 heterocycles. The Morgan fingerprint density at radius 2 is 2.12 bits per heavy atom. The van der Waals surface area contributed by atoms with Gasteiger partial charge < -0.3 is 0 Å². The molecule has 0 saturated carbocycles. The van der Waals surface area contributed by atoms with Gasteiger partial charge in [0.15, 0.2) is 0 Å². The number of halogens is 1. The third-order valence-corrected chi connectivity index (χ3v) is 3.80. The van der Waals surface area contributed by atoms with Gasteiger partial charge in [-0.15, -0.1) is 11.6 Å². The number of nitrogens with zero attached hydrogens (tertiary/aromatic N) is 3. The van der Waals surface area contributed by atoms with E-state index in [4.69, 9.17) is 11.6 Å². The minimum atomic E-state index is 0.0121. The van der Waals surface area contributed by atoms with Gasteiger partial charge in [0.05, 0.1) is 11.4 Å². The van der Waals surface area contributed by atoms with Crippen LogP contribution in [0.5, 0.6) is 0 Å². The number of aromatic nitrogens is 2. The highest BCUT2D eigenvalue weighted by Crippen LogP contribution is 2.17. The first-order valence-electron chi connectivity index (χ1n) is 5.69. The molecule has 1 aromatic heterocycles. The molecule has 92 valence electrons. The summed E-state index contributed by atoms with van der Waals surface area (Å²) in [5.74, 6) is 0.627. The predicted molar refractivity (Wildman–Crippen MR) is 68.9 cm³/mol. The molecule has 4 heteroatoms. The first-order chi connectivity index (χ1) is 7.40. The molecule has 0 amide bonds. The van der Waals surface area contributed by atoms with Gasteiger partial charge in [-0.1, -0.05) is 6.92 Å². The topological polar surface area (TPSA) is 21.1 Å². The fourth-order valence-corrected chi connectivity index (χ4v) is 1.66. The Hall–Kier alpha value is -0.540. The molecule has 1 rings (SSSR count). The van der Waals surface area contributed by atoms with Gasteiger partial charge in [-0.25, -0.2) is 0 Å². The van der Waals surface area contributed by atoms with Gasteiger partial charge in [-0.2, -0.15) is 5.10 Å². The van der Waals surface area contributed by atoms with E-state index in [9.17, 15) is 0 Å². The molecule has 0 aliphatic heterocycles. The maximum atomic E-state index is 5.96. The standard InChI is InChI=1S/C12H22ClN3/c1-6-10-7-11(16(5)14-10)8-15(4)12(2,3)9-13/h7H,6,8-9H2,1-5H3. The Morgan fingerprint density at radius 1 is 1.50 bits per heavy atom. The van der Waals surface area contributed by atoms with Crippen LogP contribution in [0.2, 0.25) is 0 Å². The number of alkyl halides is 1. The third-order valence-electron chi connectivity index (χ3n) is 3.15. The minimum absolute atomic E-state index is 0.0121. The van der Waals surface area contributed by atoms with Gasteiger partial charge in [0, 0.05) is 25.0 Å². The van der Waals surface area contributed by atoms with Crippen molar-refractivity contribution in [2.24, 2.45) is 7.05 Å². The first-order valence-corrected chi connectivity index (χ1v) is 6.23. The van der Waals surface area contributed by atoms with Crippen molar-refractivity contribution >= 4 is 11.6 Å². The second-order valence-electron chi connectivity index (χ2n) is 4.91. The second-order valence-corrected chi connectivity index (χ2v) is 5.17. The van der Waals surface area contributed by atoms with E-state index in [0.717, 1.165) is 18.7 Å². The summed E-state index contributed by atoms with van der Waals surface area (Å²) < 4.78 is 1.96. The van der Waals surface area contributed by atoms with E-state index in [0.29, 0.717) is 5.88 Å². The van der Waals surface area contributed by atoms with Crippen molar-refractivity contribution in [2.75, 3.05) is 12.9 Å². The van der Waals surface area contributed by atoms with Crippen molar-refractivity contribution in [3.05, 3.63) is 17.5 Å². The summed E-state index contributed by atoms with van der Waals surface area (Å²) >= 11 is 5.96. The Kier molecular flexibility index (Phi) is 4.39. The van der Waals surface area contributed by atoms with Crippen molar-refractivity contribution < 1.29 is 0 Å². The van der Waals surface area contributed by atoms with E-state index in [1.165, 1.54) is 5.69 Å². The maximum absolute atomic E-state index is 5.96. The van der Waals surface area contributed by atoms with Crippen LogP contribution in [0, 0.1) is 0 Å². The van der Waals surface area contributed by atoms with Gasteiger partial charge in [-0.3, -0.25) is 9.58 Å². The first kappa shape index (κ1) is 13.5. The molecule has 0 aliphatic carbocycles. The van der Waals surface area contributed by atoms with Crippen LogP contribution < -0.4 is 0 Å². The van der Waals surface area contributed by atoms with Crippen molar-refractivity contribution in [3.63, 3.8) is 0 Å². The summed E-state index contributed by atoms with van der Waals surface area (Å²) in [6.07, 6.45) is 0.983. The number of rotatable bonds is 5. The number of hydrogen-bond donors (Lipinski definition) is 0. The van der Waals surface area contributed by atoms with Crippen molar-refractivity contribution in [1.29, 1.82) is 0 Å². The summed E-state index contributed by atoms with van der Waals surface area (Å²) in [4.78, 5) is 2.26. The molecule has 3 nitrogen and oxygen atoms in total. The lowest BCUT2D eigenvalue weighted by Crippen LogP contribution is -2.42. The highest BCUT2D eigenvalue weighted by atomic mass is 35.5. The van der Waals surface area contributed by atoms with Crippen LogP contribution in [0.3, 0.4) is 0 Å². The van der Waals surface area contributed by atoms with Crippen LogP contribution in [0.4, 0.5) is 0 Å². The highest BCUT2D eigenvalue weighted by molar-refractivity contribution is 6.18.